The highest BCUT2D eigenvalue weighted by molar-refractivity contribution is 9.10. The molecule has 1 N–H and O–H groups in total. The van der Waals surface area contributed by atoms with Gasteiger partial charge in [0.25, 0.3) is 0 Å². The average Bonchev–Trinajstić information content (AvgIpc) is 2.30. The molecule has 0 fully saturated rings. The Morgan fingerprint density at radius 1 is 1.29 bits per heavy atom. The van der Waals surface area contributed by atoms with E-state index in [4.69, 9.17) is 11.6 Å². The van der Waals surface area contributed by atoms with Crippen LogP contribution in [0.15, 0.2) is 40.9 Å². The standard InChI is InChI=1S/C13H12BrClN2/c1-9-3-2-4-11(17-9)8-16-13-7-10(15)5-6-12(13)14/h2-7,16H,8H2,1H3. The summed E-state index contributed by atoms with van der Waals surface area (Å²) in [5.41, 5.74) is 3.01. The zero-order valence-corrected chi connectivity index (χ0v) is 11.7. The van der Waals surface area contributed by atoms with E-state index in [2.05, 4.69) is 26.2 Å². The molecule has 0 saturated carbocycles. The third kappa shape index (κ3) is 3.45. The van der Waals surface area contributed by atoms with Gasteiger partial charge in [-0.05, 0) is 53.2 Å². The van der Waals surface area contributed by atoms with E-state index in [1.807, 2.05) is 43.3 Å². The molecular weight excluding hydrogens is 300 g/mol. The van der Waals surface area contributed by atoms with Crippen LogP contribution in [0, 0.1) is 6.92 Å². The molecule has 17 heavy (non-hydrogen) atoms. The van der Waals surface area contributed by atoms with Crippen LogP contribution in [-0.4, -0.2) is 4.98 Å². The second-order valence-corrected chi connectivity index (χ2v) is 5.04. The van der Waals surface area contributed by atoms with Gasteiger partial charge in [-0.3, -0.25) is 4.98 Å². The molecule has 0 radical (unpaired) electrons. The van der Waals surface area contributed by atoms with Gasteiger partial charge < -0.3 is 5.32 Å². The van der Waals surface area contributed by atoms with Crippen molar-refractivity contribution in [2.45, 2.75) is 13.5 Å². The summed E-state index contributed by atoms with van der Waals surface area (Å²) in [6, 6.07) is 11.7. The number of hydrogen-bond acceptors (Lipinski definition) is 2. The van der Waals surface area contributed by atoms with Gasteiger partial charge in [-0.25, -0.2) is 0 Å². The lowest BCUT2D eigenvalue weighted by atomic mass is 10.3. The predicted octanol–water partition coefficient (Wildman–Crippen LogP) is 4.42. The smallest absolute Gasteiger partial charge is 0.0597 e. The predicted molar refractivity (Wildman–Crippen MR) is 75.5 cm³/mol. The van der Waals surface area contributed by atoms with E-state index >= 15 is 0 Å². The van der Waals surface area contributed by atoms with E-state index < -0.39 is 0 Å². The summed E-state index contributed by atoms with van der Waals surface area (Å²) in [6.45, 7) is 2.67. The second kappa shape index (κ2) is 5.52. The fraction of sp³-hybridized carbons (Fsp3) is 0.154. The maximum absolute atomic E-state index is 5.95. The lowest BCUT2D eigenvalue weighted by molar-refractivity contribution is 1.01. The number of halogens is 2. The molecule has 0 saturated heterocycles. The summed E-state index contributed by atoms with van der Waals surface area (Å²) in [5.74, 6) is 0. The van der Waals surface area contributed by atoms with Crippen LogP contribution < -0.4 is 5.32 Å². The third-order valence-corrected chi connectivity index (χ3v) is 3.26. The van der Waals surface area contributed by atoms with Gasteiger partial charge in [0, 0.05) is 15.2 Å². The summed E-state index contributed by atoms with van der Waals surface area (Å²) in [5, 5.41) is 4.02. The second-order valence-electron chi connectivity index (χ2n) is 3.75. The Hall–Kier alpha value is -1.06. The van der Waals surface area contributed by atoms with E-state index in [-0.39, 0.29) is 0 Å². The molecule has 1 aromatic heterocycles. The summed E-state index contributed by atoms with van der Waals surface area (Å²) in [7, 11) is 0. The first kappa shape index (κ1) is 12.4. The number of nitrogens with zero attached hydrogens (tertiary/aromatic N) is 1. The molecule has 0 aliphatic heterocycles. The fourth-order valence-electron chi connectivity index (χ4n) is 1.52. The van der Waals surface area contributed by atoms with Gasteiger partial charge in [-0.2, -0.15) is 0 Å². The number of anilines is 1. The number of rotatable bonds is 3. The number of pyridine rings is 1. The first-order valence-electron chi connectivity index (χ1n) is 5.26. The van der Waals surface area contributed by atoms with Crippen molar-refractivity contribution in [1.29, 1.82) is 0 Å². The van der Waals surface area contributed by atoms with Gasteiger partial charge in [0.1, 0.15) is 0 Å². The van der Waals surface area contributed by atoms with Crippen LogP contribution in [-0.2, 0) is 6.54 Å². The number of nitrogens with one attached hydrogen (secondary N) is 1. The number of aromatic nitrogens is 1. The van der Waals surface area contributed by atoms with Gasteiger partial charge in [0.15, 0.2) is 0 Å². The number of hydrogen-bond donors (Lipinski definition) is 1. The molecule has 0 atom stereocenters. The Labute approximate surface area is 114 Å². The fourth-order valence-corrected chi connectivity index (χ4v) is 2.08. The molecule has 0 bridgehead atoms. The molecule has 2 nitrogen and oxygen atoms in total. The third-order valence-electron chi connectivity index (χ3n) is 2.33. The van der Waals surface area contributed by atoms with Crippen molar-refractivity contribution >= 4 is 33.2 Å². The Kier molecular flexibility index (Phi) is 4.02. The summed E-state index contributed by atoms with van der Waals surface area (Å²) >= 11 is 9.42. The van der Waals surface area contributed by atoms with Crippen molar-refractivity contribution in [3.63, 3.8) is 0 Å². The first-order valence-corrected chi connectivity index (χ1v) is 6.44. The number of aryl methyl sites for hydroxylation is 1. The van der Waals surface area contributed by atoms with Crippen molar-refractivity contribution in [3.05, 3.63) is 57.3 Å². The summed E-state index contributed by atoms with van der Waals surface area (Å²) < 4.78 is 0.995. The molecule has 88 valence electrons. The lowest BCUT2D eigenvalue weighted by Crippen LogP contribution is -2.02. The van der Waals surface area contributed by atoms with Crippen molar-refractivity contribution in [3.8, 4) is 0 Å². The molecule has 1 aromatic carbocycles. The number of benzene rings is 1. The van der Waals surface area contributed by atoms with Gasteiger partial charge in [0.2, 0.25) is 0 Å². The van der Waals surface area contributed by atoms with E-state index in [9.17, 15) is 0 Å². The van der Waals surface area contributed by atoms with Crippen molar-refractivity contribution in [2.24, 2.45) is 0 Å². The summed E-state index contributed by atoms with van der Waals surface area (Å²) in [6.07, 6.45) is 0. The van der Waals surface area contributed by atoms with Crippen molar-refractivity contribution < 1.29 is 0 Å². The molecule has 0 aliphatic carbocycles. The van der Waals surface area contributed by atoms with E-state index in [1.165, 1.54) is 0 Å². The van der Waals surface area contributed by atoms with Crippen LogP contribution in [0.25, 0.3) is 0 Å². The minimum absolute atomic E-state index is 0.681. The Morgan fingerprint density at radius 3 is 2.88 bits per heavy atom. The van der Waals surface area contributed by atoms with Crippen LogP contribution in [0.2, 0.25) is 5.02 Å². The van der Waals surface area contributed by atoms with E-state index in [1.54, 1.807) is 0 Å². The first-order chi connectivity index (χ1) is 8.15. The van der Waals surface area contributed by atoms with Gasteiger partial charge in [-0.15, -0.1) is 0 Å². The molecule has 1 heterocycles. The largest absolute Gasteiger partial charge is 0.378 e. The zero-order chi connectivity index (χ0) is 12.3. The maximum Gasteiger partial charge on any atom is 0.0597 e. The lowest BCUT2D eigenvalue weighted by Gasteiger charge is -2.09. The molecule has 0 unspecified atom stereocenters. The monoisotopic (exact) mass is 310 g/mol. The van der Waals surface area contributed by atoms with E-state index in [0.29, 0.717) is 11.6 Å². The maximum atomic E-state index is 5.95. The molecule has 4 heteroatoms. The zero-order valence-electron chi connectivity index (χ0n) is 9.37. The quantitative estimate of drug-likeness (QED) is 0.907. The Bertz CT molecular complexity index is 529. The molecular formula is C13H12BrClN2. The molecule has 0 amide bonds. The molecule has 0 spiro atoms. The topological polar surface area (TPSA) is 24.9 Å². The minimum atomic E-state index is 0.681. The van der Waals surface area contributed by atoms with Crippen molar-refractivity contribution in [2.75, 3.05) is 5.32 Å². The Balaban J connectivity index is 2.09. The normalized spacial score (nSPS) is 10.3. The van der Waals surface area contributed by atoms with Gasteiger partial charge in [0.05, 0.1) is 17.9 Å². The molecule has 2 rings (SSSR count). The van der Waals surface area contributed by atoms with Gasteiger partial charge in [-0.1, -0.05) is 17.7 Å². The minimum Gasteiger partial charge on any atom is -0.378 e. The van der Waals surface area contributed by atoms with Crippen LogP contribution in [0.5, 0.6) is 0 Å². The van der Waals surface area contributed by atoms with Gasteiger partial charge >= 0.3 is 0 Å². The van der Waals surface area contributed by atoms with Crippen LogP contribution in [0.1, 0.15) is 11.4 Å². The molecule has 2 aromatic rings. The van der Waals surface area contributed by atoms with E-state index in [0.717, 1.165) is 21.5 Å². The highest BCUT2D eigenvalue weighted by Gasteiger charge is 2.01. The Morgan fingerprint density at radius 2 is 2.12 bits per heavy atom. The van der Waals surface area contributed by atoms with Crippen LogP contribution in [0.4, 0.5) is 5.69 Å². The average molecular weight is 312 g/mol. The van der Waals surface area contributed by atoms with Crippen LogP contribution >= 0.6 is 27.5 Å². The SMILES string of the molecule is Cc1cccc(CNc2cc(Cl)ccc2Br)n1. The molecule has 0 aliphatic rings. The highest BCUT2D eigenvalue weighted by Crippen LogP contribution is 2.26. The van der Waals surface area contributed by atoms with Crippen molar-refractivity contribution in [1.82, 2.24) is 4.98 Å². The summed E-state index contributed by atoms with van der Waals surface area (Å²) in [4.78, 5) is 4.43. The van der Waals surface area contributed by atoms with Crippen LogP contribution in [0.3, 0.4) is 0 Å². The highest BCUT2D eigenvalue weighted by atomic mass is 79.9.